The molecule has 0 fully saturated rings. The Kier molecular flexibility index (Phi) is 3.44. The number of rotatable bonds is 3. The minimum absolute atomic E-state index is 0.161. The average molecular weight is 250 g/mol. The van der Waals surface area contributed by atoms with Gasteiger partial charge in [-0.15, -0.1) is 0 Å². The van der Waals surface area contributed by atoms with Gasteiger partial charge in [0.25, 0.3) is 0 Å². The van der Waals surface area contributed by atoms with E-state index in [2.05, 4.69) is 9.97 Å². The fraction of sp³-hybridized carbons (Fsp3) is 0.167. The van der Waals surface area contributed by atoms with E-state index in [1.165, 1.54) is 12.4 Å². The number of nitrogens with zero attached hydrogens (tertiary/aromatic N) is 2. The average Bonchev–Trinajstić information content (AvgIpc) is 2.29. The molecule has 0 bridgehead atoms. The number of hydrogen-bond donors (Lipinski definition) is 1. The third-order valence-electron chi connectivity index (χ3n) is 2.26. The largest absolute Gasteiger partial charge is 0.469 e. The first-order chi connectivity index (χ1) is 8.15. The highest BCUT2D eigenvalue weighted by Crippen LogP contribution is 2.21. The smallest absolute Gasteiger partial charge is 0.234 e. The molecule has 0 aliphatic rings. The molecule has 0 saturated carbocycles. The van der Waals surface area contributed by atoms with Crippen molar-refractivity contribution >= 4 is 17.3 Å². The lowest BCUT2D eigenvalue weighted by Crippen LogP contribution is -2.05. The lowest BCUT2D eigenvalue weighted by molar-refractivity contribution is 0.216. The molecule has 0 amide bonds. The normalized spacial score (nSPS) is 12.1. The molecule has 1 atom stereocenters. The van der Waals surface area contributed by atoms with Crippen LogP contribution in [0.25, 0.3) is 0 Å². The van der Waals surface area contributed by atoms with E-state index in [0.29, 0.717) is 16.7 Å². The second-order valence-electron chi connectivity index (χ2n) is 3.61. The summed E-state index contributed by atoms with van der Waals surface area (Å²) in [6, 6.07) is 7.52. The number of aromatic nitrogens is 2. The van der Waals surface area contributed by atoms with Gasteiger partial charge in [-0.25, -0.2) is 0 Å². The second kappa shape index (κ2) is 5.01. The SMILES string of the molecule is C[C@@H](Oc1cncc(Cl)n1)c1cccc(N)c1. The molecule has 2 aromatic rings. The van der Waals surface area contributed by atoms with Gasteiger partial charge < -0.3 is 10.5 Å². The van der Waals surface area contributed by atoms with E-state index in [1.54, 1.807) is 0 Å². The molecular weight excluding hydrogens is 238 g/mol. The number of nitrogens with two attached hydrogens (primary N) is 1. The van der Waals surface area contributed by atoms with Crippen LogP contribution < -0.4 is 10.5 Å². The highest BCUT2D eigenvalue weighted by Gasteiger charge is 2.08. The van der Waals surface area contributed by atoms with Gasteiger partial charge in [-0.05, 0) is 24.6 Å². The lowest BCUT2D eigenvalue weighted by atomic mass is 10.1. The minimum atomic E-state index is -0.161. The summed E-state index contributed by atoms with van der Waals surface area (Å²) in [4.78, 5) is 7.91. The van der Waals surface area contributed by atoms with Gasteiger partial charge in [-0.3, -0.25) is 4.98 Å². The van der Waals surface area contributed by atoms with Crippen LogP contribution in [0.1, 0.15) is 18.6 Å². The quantitative estimate of drug-likeness (QED) is 0.850. The first-order valence-electron chi connectivity index (χ1n) is 5.15. The van der Waals surface area contributed by atoms with Crippen LogP contribution in [0.2, 0.25) is 5.15 Å². The predicted octanol–water partition coefficient (Wildman–Crippen LogP) is 2.85. The molecule has 2 rings (SSSR count). The molecule has 0 saturated heterocycles. The molecule has 4 nitrogen and oxygen atoms in total. The number of nitrogen functional groups attached to an aromatic ring is 1. The zero-order valence-corrected chi connectivity index (χ0v) is 10.1. The van der Waals surface area contributed by atoms with E-state index >= 15 is 0 Å². The van der Waals surface area contributed by atoms with Gasteiger partial charge in [0.05, 0.1) is 12.4 Å². The van der Waals surface area contributed by atoms with Gasteiger partial charge in [-0.1, -0.05) is 23.7 Å². The molecule has 0 radical (unpaired) electrons. The molecule has 17 heavy (non-hydrogen) atoms. The maximum Gasteiger partial charge on any atom is 0.234 e. The number of ether oxygens (including phenoxy) is 1. The Hall–Kier alpha value is -1.81. The molecular formula is C12H12ClN3O. The van der Waals surface area contributed by atoms with Crippen LogP contribution in [0.5, 0.6) is 5.88 Å². The van der Waals surface area contributed by atoms with E-state index < -0.39 is 0 Å². The number of hydrogen-bond acceptors (Lipinski definition) is 4. The zero-order valence-electron chi connectivity index (χ0n) is 9.30. The second-order valence-corrected chi connectivity index (χ2v) is 4.00. The predicted molar refractivity (Wildman–Crippen MR) is 66.9 cm³/mol. The van der Waals surface area contributed by atoms with E-state index in [9.17, 15) is 0 Å². The molecule has 88 valence electrons. The first-order valence-corrected chi connectivity index (χ1v) is 5.52. The van der Waals surface area contributed by atoms with E-state index in [4.69, 9.17) is 22.1 Å². The first kappa shape index (κ1) is 11.7. The molecule has 1 heterocycles. The Balaban J connectivity index is 2.14. The topological polar surface area (TPSA) is 61.0 Å². The van der Waals surface area contributed by atoms with Crippen LogP contribution in [-0.4, -0.2) is 9.97 Å². The van der Waals surface area contributed by atoms with Crippen LogP contribution >= 0.6 is 11.6 Å². The summed E-state index contributed by atoms with van der Waals surface area (Å²) >= 11 is 5.73. The third kappa shape index (κ3) is 3.07. The van der Waals surface area contributed by atoms with E-state index in [1.807, 2.05) is 31.2 Å². The molecule has 1 aromatic carbocycles. The summed E-state index contributed by atoms with van der Waals surface area (Å²) in [7, 11) is 0. The van der Waals surface area contributed by atoms with Crippen LogP contribution in [0.4, 0.5) is 5.69 Å². The van der Waals surface area contributed by atoms with Gasteiger partial charge in [0.2, 0.25) is 5.88 Å². The summed E-state index contributed by atoms with van der Waals surface area (Å²) in [6.07, 6.45) is 2.82. The molecule has 1 aromatic heterocycles. The molecule has 0 spiro atoms. The van der Waals surface area contributed by atoms with Crippen LogP contribution in [0.3, 0.4) is 0 Å². The van der Waals surface area contributed by atoms with Crippen molar-refractivity contribution in [1.82, 2.24) is 9.97 Å². The minimum Gasteiger partial charge on any atom is -0.469 e. The Bertz CT molecular complexity index is 519. The fourth-order valence-electron chi connectivity index (χ4n) is 1.44. The number of benzene rings is 1. The van der Waals surface area contributed by atoms with Gasteiger partial charge >= 0.3 is 0 Å². The van der Waals surface area contributed by atoms with Crippen molar-refractivity contribution in [2.45, 2.75) is 13.0 Å². The maximum absolute atomic E-state index is 5.73. The van der Waals surface area contributed by atoms with Crippen molar-refractivity contribution < 1.29 is 4.74 Å². The Morgan fingerprint density at radius 2 is 2.18 bits per heavy atom. The highest BCUT2D eigenvalue weighted by molar-refractivity contribution is 6.29. The van der Waals surface area contributed by atoms with Crippen LogP contribution in [0, 0.1) is 0 Å². The zero-order chi connectivity index (χ0) is 12.3. The van der Waals surface area contributed by atoms with Crippen molar-refractivity contribution in [1.29, 1.82) is 0 Å². The number of anilines is 1. The monoisotopic (exact) mass is 249 g/mol. The molecule has 0 aliphatic carbocycles. The molecule has 2 N–H and O–H groups in total. The Morgan fingerprint density at radius 1 is 1.35 bits per heavy atom. The summed E-state index contributed by atoms with van der Waals surface area (Å²) in [6.45, 7) is 1.91. The van der Waals surface area contributed by atoms with Gasteiger partial charge in [0.1, 0.15) is 6.10 Å². The van der Waals surface area contributed by atoms with Crippen molar-refractivity contribution in [3.05, 3.63) is 47.4 Å². The van der Waals surface area contributed by atoms with Crippen molar-refractivity contribution in [3.63, 3.8) is 0 Å². The fourth-order valence-corrected chi connectivity index (χ4v) is 1.58. The van der Waals surface area contributed by atoms with Crippen LogP contribution in [0.15, 0.2) is 36.7 Å². The van der Waals surface area contributed by atoms with Gasteiger partial charge in [0.15, 0.2) is 5.15 Å². The van der Waals surface area contributed by atoms with Crippen molar-refractivity contribution in [3.8, 4) is 5.88 Å². The van der Waals surface area contributed by atoms with Crippen molar-refractivity contribution in [2.75, 3.05) is 5.73 Å². The Labute approximate surface area is 104 Å². The highest BCUT2D eigenvalue weighted by atomic mass is 35.5. The summed E-state index contributed by atoms with van der Waals surface area (Å²) in [5, 5.41) is 0.308. The Morgan fingerprint density at radius 3 is 2.88 bits per heavy atom. The van der Waals surface area contributed by atoms with E-state index in [0.717, 1.165) is 5.56 Å². The van der Waals surface area contributed by atoms with Crippen molar-refractivity contribution in [2.24, 2.45) is 0 Å². The summed E-state index contributed by atoms with van der Waals surface area (Å²) < 4.78 is 5.62. The third-order valence-corrected chi connectivity index (χ3v) is 2.44. The number of halogens is 1. The molecule has 0 unspecified atom stereocenters. The summed E-state index contributed by atoms with van der Waals surface area (Å²) in [5.41, 5.74) is 7.39. The molecule has 5 heteroatoms. The van der Waals surface area contributed by atoms with E-state index in [-0.39, 0.29) is 6.10 Å². The maximum atomic E-state index is 5.73. The van der Waals surface area contributed by atoms with Gasteiger partial charge in [-0.2, -0.15) is 4.98 Å². The standard InChI is InChI=1S/C12H12ClN3O/c1-8(9-3-2-4-10(14)5-9)17-12-7-15-6-11(13)16-12/h2-8H,14H2,1H3/t8-/m1/s1. The summed E-state index contributed by atoms with van der Waals surface area (Å²) in [5.74, 6) is 0.396. The molecule has 0 aliphatic heterocycles. The lowest BCUT2D eigenvalue weighted by Gasteiger charge is -2.14. The van der Waals surface area contributed by atoms with Crippen LogP contribution in [-0.2, 0) is 0 Å². The van der Waals surface area contributed by atoms with Gasteiger partial charge in [0, 0.05) is 5.69 Å².